The molecule has 0 fully saturated rings. The van der Waals surface area contributed by atoms with E-state index >= 15 is 0 Å². The van der Waals surface area contributed by atoms with E-state index in [0.29, 0.717) is 22.5 Å². The molecular formula is C36H28N2O2. The Morgan fingerprint density at radius 1 is 0.575 bits per heavy atom. The van der Waals surface area contributed by atoms with Crippen LogP contribution in [0.15, 0.2) is 115 Å². The van der Waals surface area contributed by atoms with Crippen LogP contribution in [0.4, 0.5) is 5.69 Å². The van der Waals surface area contributed by atoms with Crippen LogP contribution in [0.5, 0.6) is 0 Å². The Hall–Kier alpha value is -4.96. The number of carbonyl (C=O) groups is 2. The van der Waals surface area contributed by atoms with Crippen molar-refractivity contribution in [3.8, 4) is 16.8 Å². The second kappa shape index (κ2) is 8.78. The monoisotopic (exact) mass is 520 g/mol. The Morgan fingerprint density at radius 3 is 2.00 bits per heavy atom. The number of benzene rings is 5. The van der Waals surface area contributed by atoms with E-state index < -0.39 is 0 Å². The van der Waals surface area contributed by atoms with Gasteiger partial charge in [0.15, 0.2) is 0 Å². The molecule has 7 rings (SSSR count). The van der Waals surface area contributed by atoms with Crippen LogP contribution in [0, 0.1) is 0 Å². The minimum absolute atomic E-state index is 0.00430. The Labute approximate surface area is 233 Å². The number of fused-ring (bicyclic) bond motifs is 4. The third-order valence-corrected chi connectivity index (χ3v) is 7.91. The lowest BCUT2D eigenvalue weighted by molar-refractivity contribution is 0.0926. The molecule has 0 saturated heterocycles. The van der Waals surface area contributed by atoms with Gasteiger partial charge in [-0.1, -0.05) is 93.6 Å². The number of rotatable bonds is 3. The van der Waals surface area contributed by atoms with Crippen molar-refractivity contribution in [3.05, 3.63) is 132 Å². The number of anilines is 1. The Bertz CT molecular complexity index is 1960. The first-order valence-electron chi connectivity index (χ1n) is 13.5. The van der Waals surface area contributed by atoms with Gasteiger partial charge in [-0.2, -0.15) is 0 Å². The smallest absolute Gasteiger partial charge is 0.268 e. The van der Waals surface area contributed by atoms with Crippen molar-refractivity contribution in [2.24, 2.45) is 0 Å². The summed E-state index contributed by atoms with van der Waals surface area (Å²) < 4.78 is 2.13. The highest BCUT2D eigenvalue weighted by Crippen LogP contribution is 2.39. The van der Waals surface area contributed by atoms with Gasteiger partial charge in [0.1, 0.15) is 0 Å². The van der Waals surface area contributed by atoms with E-state index in [-0.39, 0.29) is 17.2 Å². The quantitative estimate of drug-likeness (QED) is 0.219. The van der Waals surface area contributed by atoms with Gasteiger partial charge in [0.2, 0.25) is 0 Å². The van der Waals surface area contributed by atoms with E-state index in [0.717, 1.165) is 32.9 Å². The molecule has 0 radical (unpaired) electrons. The summed E-state index contributed by atoms with van der Waals surface area (Å²) in [4.78, 5) is 29.0. The standard InChI is InChI=1S/C36H28N2O2/c1-36(2,3)25-18-21-31-29(22-25)27-12-7-8-14-30(27)38(31)32-15-9-13-28-33(32)35(40)37(34(28)39)26-19-16-24(17-20-26)23-10-5-4-6-11-23/h4-22H,1-3H3. The van der Waals surface area contributed by atoms with Gasteiger partial charge in [-0.05, 0) is 64.6 Å². The summed E-state index contributed by atoms with van der Waals surface area (Å²) in [6.45, 7) is 6.63. The van der Waals surface area contributed by atoms with Crippen molar-refractivity contribution >= 4 is 39.3 Å². The highest BCUT2D eigenvalue weighted by Gasteiger charge is 2.39. The van der Waals surface area contributed by atoms with Gasteiger partial charge in [0.25, 0.3) is 11.8 Å². The highest BCUT2D eigenvalue weighted by molar-refractivity contribution is 6.35. The summed E-state index contributed by atoms with van der Waals surface area (Å²) in [6.07, 6.45) is 0. The van der Waals surface area contributed by atoms with Crippen molar-refractivity contribution in [1.29, 1.82) is 0 Å². The Balaban J connectivity index is 1.38. The van der Waals surface area contributed by atoms with Crippen LogP contribution in [0.1, 0.15) is 47.1 Å². The first-order chi connectivity index (χ1) is 19.3. The number of nitrogens with zero attached hydrogens (tertiary/aromatic N) is 2. The molecule has 0 N–H and O–H groups in total. The molecule has 40 heavy (non-hydrogen) atoms. The third-order valence-electron chi connectivity index (χ3n) is 7.91. The molecule has 0 unspecified atom stereocenters. The fourth-order valence-corrected chi connectivity index (χ4v) is 5.82. The van der Waals surface area contributed by atoms with Crippen molar-refractivity contribution in [3.63, 3.8) is 0 Å². The van der Waals surface area contributed by atoms with Crippen LogP contribution in [0.25, 0.3) is 38.6 Å². The Morgan fingerprint density at radius 2 is 1.25 bits per heavy atom. The largest absolute Gasteiger partial charge is 0.308 e. The molecule has 5 aromatic carbocycles. The molecule has 194 valence electrons. The van der Waals surface area contributed by atoms with Crippen LogP contribution in [0.3, 0.4) is 0 Å². The topological polar surface area (TPSA) is 42.3 Å². The lowest BCUT2D eigenvalue weighted by Crippen LogP contribution is -2.29. The second-order valence-corrected chi connectivity index (χ2v) is 11.4. The van der Waals surface area contributed by atoms with Crippen LogP contribution in [-0.2, 0) is 5.41 Å². The van der Waals surface area contributed by atoms with Gasteiger partial charge in [0.05, 0.1) is 33.5 Å². The number of hydrogen-bond donors (Lipinski definition) is 0. The fraction of sp³-hybridized carbons (Fsp3) is 0.111. The van der Waals surface area contributed by atoms with Gasteiger partial charge in [-0.25, -0.2) is 4.90 Å². The minimum Gasteiger partial charge on any atom is -0.308 e. The van der Waals surface area contributed by atoms with Crippen molar-refractivity contribution in [2.75, 3.05) is 4.90 Å². The molecule has 4 heteroatoms. The lowest BCUT2D eigenvalue weighted by Gasteiger charge is -2.19. The zero-order valence-corrected chi connectivity index (χ0v) is 22.7. The van der Waals surface area contributed by atoms with Gasteiger partial charge in [-0.15, -0.1) is 0 Å². The van der Waals surface area contributed by atoms with E-state index in [9.17, 15) is 9.59 Å². The molecule has 0 bridgehead atoms. The minimum atomic E-state index is -0.305. The summed E-state index contributed by atoms with van der Waals surface area (Å²) in [5.41, 5.74) is 7.51. The lowest BCUT2D eigenvalue weighted by atomic mass is 9.86. The zero-order valence-electron chi connectivity index (χ0n) is 22.7. The van der Waals surface area contributed by atoms with E-state index in [1.165, 1.54) is 10.5 Å². The van der Waals surface area contributed by atoms with E-state index in [4.69, 9.17) is 0 Å². The number of hydrogen-bond acceptors (Lipinski definition) is 2. The maximum atomic E-state index is 14.0. The molecule has 2 amide bonds. The average molecular weight is 521 g/mol. The van der Waals surface area contributed by atoms with Gasteiger partial charge >= 0.3 is 0 Å². The summed E-state index contributed by atoms with van der Waals surface area (Å²) in [5, 5.41) is 2.25. The van der Waals surface area contributed by atoms with Crippen LogP contribution in [-0.4, -0.2) is 16.4 Å². The number of aromatic nitrogens is 1. The molecule has 0 aliphatic carbocycles. The van der Waals surface area contributed by atoms with E-state index in [2.05, 4.69) is 55.7 Å². The molecule has 1 aliphatic rings. The highest BCUT2D eigenvalue weighted by atomic mass is 16.2. The predicted octanol–water partition coefficient (Wildman–Crippen LogP) is 8.55. The van der Waals surface area contributed by atoms with Crippen molar-refractivity contribution < 1.29 is 9.59 Å². The molecular weight excluding hydrogens is 492 g/mol. The normalized spacial score (nSPS) is 13.4. The van der Waals surface area contributed by atoms with Crippen molar-refractivity contribution in [1.82, 2.24) is 4.57 Å². The number of para-hydroxylation sites is 1. The Kier molecular flexibility index (Phi) is 5.29. The van der Waals surface area contributed by atoms with Gasteiger partial charge in [0, 0.05) is 10.8 Å². The molecule has 1 aromatic heterocycles. The summed E-state index contributed by atoms with van der Waals surface area (Å²) >= 11 is 0. The van der Waals surface area contributed by atoms with Crippen molar-refractivity contribution in [2.45, 2.75) is 26.2 Å². The van der Waals surface area contributed by atoms with E-state index in [1.807, 2.05) is 78.9 Å². The summed E-state index contributed by atoms with van der Waals surface area (Å²) in [6, 6.07) is 38.0. The molecule has 0 spiro atoms. The van der Waals surface area contributed by atoms with Gasteiger partial charge < -0.3 is 4.57 Å². The maximum absolute atomic E-state index is 14.0. The predicted molar refractivity (Wildman–Crippen MR) is 162 cm³/mol. The maximum Gasteiger partial charge on any atom is 0.268 e. The van der Waals surface area contributed by atoms with Crippen LogP contribution < -0.4 is 4.90 Å². The molecule has 2 heterocycles. The summed E-state index contributed by atoms with van der Waals surface area (Å²) in [5.74, 6) is -0.606. The summed E-state index contributed by atoms with van der Waals surface area (Å²) in [7, 11) is 0. The molecule has 0 saturated carbocycles. The van der Waals surface area contributed by atoms with E-state index in [1.54, 1.807) is 6.07 Å². The number of amides is 2. The zero-order chi connectivity index (χ0) is 27.6. The third kappa shape index (κ3) is 3.60. The van der Waals surface area contributed by atoms with Crippen LogP contribution in [0.2, 0.25) is 0 Å². The first-order valence-corrected chi connectivity index (χ1v) is 13.5. The SMILES string of the molecule is CC(C)(C)c1ccc2c(c1)c1ccccc1n2-c1cccc2c1C(=O)N(c1ccc(-c3ccccc3)cc1)C2=O. The first kappa shape index (κ1) is 24.1. The number of carbonyl (C=O) groups excluding carboxylic acids is 2. The van der Waals surface area contributed by atoms with Gasteiger partial charge in [-0.3, -0.25) is 9.59 Å². The fourth-order valence-electron chi connectivity index (χ4n) is 5.82. The van der Waals surface area contributed by atoms with Crippen LogP contribution >= 0.6 is 0 Å². The second-order valence-electron chi connectivity index (χ2n) is 11.4. The average Bonchev–Trinajstić information content (AvgIpc) is 3.44. The molecule has 0 atom stereocenters. The molecule has 1 aliphatic heterocycles. The molecule has 6 aromatic rings. The number of imide groups is 1. The molecule has 4 nitrogen and oxygen atoms in total.